The molecule has 1 atom stereocenters. The van der Waals surface area contributed by atoms with Crippen molar-refractivity contribution < 1.29 is 4.79 Å². The maximum absolute atomic E-state index is 11.8. The van der Waals surface area contributed by atoms with E-state index in [1.807, 2.05) is 31.4 Å². The van der Waals surface area contributed by atoms with E-state index in [1.165, 1.54) is 0 Å². The molecule has 2 aromatic rings. The maximum atomic E-state index is 11.8. The van der Waals surface area contributed by atoms with Gasteiger partial charge in [0.15, 0.2) is 0 Å². The Morgan fingerprint density at radius 1 is 1.61 bits per heavy atom. The lowest BCUT2D eigenvalue weighted by Gasteiger charge is -2.12. The average molecular weight is 264 g/mol. The van der Waals surface area contributed by atoms with Crippen LogP contribution in [0.2, 0.25) is 0 Å². The van der Waals surface area contributed by atoms with Gasteiger partial charge in [-0.25, -0.2) is 4.79 Å². The summed E-state index contributed by atoms with van der Waals surface area (Å²) in [6.07, 6.45) is 3.44. The molecule has 0 bridgehead atoms. The van der Waals surface area contributed by atoms with E-state index < -0.39 is 0 Å². The summed E-state index contributed by atoms with van der Waals surface area (Å²) in [4.78, 5) is 12.9. The van der Waals surface area contributed by atoms with Crippen molar-refractivity contribution >= 4 is 23.1 Å². The van der Waals surface area contributed by atoms with Crippen LogP contribution in [0.3, 0.4) is 0 Å². The zero-order chi connectivity index (χ0) is 13.0. The molecule has 5 nitrogen and oxygen atoms in total. The van der Waals surface area contributed by atoms with E-state index >= 15 is 0 Å². The van der Waals surface area contributed by atoms with E-state index in [2.05, 4.69) is 15.7 Å². The van der Waals surface area contributed by atoms with E-state index in [-0.39, 0.29) is 12.1 Å². The monoisotopic (exact) mass is 264 g/mol. The number of nitrogens with one attached hydrogen (secondary N) is 2. The van der Waals surface area contributed by atoms with Crippen LogP contribution in [-0.4, -0.2) is 15.8 Å². The number of thiophene rings is 1. The average Bonchev–Trinajstić information content (AvgIpc) is 2.98. The van der Waals surface area contributed by atoms with Crippen LogP contribution in [0.1, 0.15) is 24.8 Å². The fraction of sp³-hybridized carbons (Fsp3) is 0.333. The van der Waals surface area contributed by atoms with Crippen molar-refractivity contribution in [2.45, 2.75) is 26.4 Å². The number of urea groups is 1. The van der Waals surface area contributed by atoms with Crippen LogP contribution in [0.4, 0.5) is 10.5 Å². The van der Waals surface area contributed by atoms with Gasteiger partial charge in [-0.1, -0.05) is 6.07 Å². The Kier molecular flexibility index (Phi) is 3.99. The molecule has 2 rings (SSSR count). The second kappa shape index (κ2) is 5.68. The van der Waals surface area contributed by atoms with Crippen molar-refractivity contribution in [3.63, 3.8) is 0 Å². The van der Waals surface area contributed by atoms with Crippen molar-refractivity contribution in [2.24, 2.45) is 0 Å². The molecule has 0 aliphatic rings. The van der Waals surface area contributed by atoms with Gasteiger partial charge in [0.05, 0.1) is 17.9 Å². The van der Waals surface area contributed by atoms with Crippen LogP contribution in [0.15, 0.2) is 29.9 Å². The molecule has 0 aliphatic carbocycles. The Morgan fingerprint density at radius 3 is 3.06 bits per heavy atom. The zero-order valence-corrected chi connectivity index (χ0v) is 11.2. The summed E-state index contributed by atoms with van der Waals surface area (Å²) in [6.45, 7) is 4.74. The molecule has 2 heterocycles. The standard InChI is InChI=1S/C12H16N4OS/c1-3-16-8-10(7-13-16)15-12(17)14-9(2)11-5-4-6-18-11/h4-9H,3H2,1-2H3,(H2,14,15,17). The highest BCUT2D eigenvalue weighted by Gasteiger charge is 2.10. The number of amides is 2. The number of carbonyl (C=O) groups is 1. The summed E-state index contributed by atoms with van der Waals surface area (Å²) in [5.74, 6) is 0. The van der Waals surface area contributed by atoms with Gasteiger partial charge in [-0.2, -0.15) is 5.10 Å². The minimum Gasteiger partial charge on any atom is -0.331 e. The molecule has 2 amide bonds. The number of hydrogen-bond donors (Lipinski definition) is 2. The summed E-state index contributed by atoms with van der Waals surface area (Å²) >= 11 is 1.63. The minimum atomic E-state index is -0.216. The van der Waals surface area contributed by atoms with Crippen LogP contribution in [0, 0.1) is 0 Å². The number of nitrogens with zero attached hydrogens (tertiary/aromatic N) is 2. The first-order valence-corrected chi connectivity index (χ1v) is 6.70. The van der Waals surface area contributed by atoms with Crippen molar-refractivity contribution in [3.05, 3.63) is 34.8 Å². The highest BCUT2D eigenvalue weighted by atomic mass is 32.1. The van der Waals surface area contributed by atoms with E-state index in [4.69, 9.17) is 0 Å². The highest BCUT2D eigenvalue weighted by molar-refractivity contribution is 7.10. The molecule has 0 aromatic carbocycles. The molecule has 1 unspecified atom stereocenters. The molecule has 0 fully saturated rings. The zero-order valence-electron chi connectivity index (χ0n) is 10.4. The first-order valence-electron chi connectivity index (χ1n) is 5.82. The van der Waals surface area contributed by atoms with Gasteiger partial charge in [-0.3, -0.25) is 4.68 Å². The molecule has 18 heavy (non-hydrogen) atoms. The van der Waals surface area contributed by atoms with Crippen molar-refractivity contribution in [1.29, 1.82) is 0 Å². The topological polar surface area (TPSA) is 59.0 Å². The van der Waals surface area contributed by atoms with Gasteiger partial charge >= 0.3 is 6.03 Å². The third-order valence-electron chi connectivity index (χ3n) is 2.53. The van der Waals surface area contributed by atoms with Crippen LogP contribution < -0.4 is 10.6 Å². The van der Waals surface area contributed by atoms with Crippen LogP contribution in [-0.2, 0) is 6.54 Å². The van der Waals surface area contributed by atoms with Gasteiger partial charge in [0.25, 0.3) is 0 Å². The SMILES string of the molecule is CCn1cc(NC(=O)NC(C)c2cccs2)cn1. The predicted octanol–water partition coefficient (Wildman–Crippen LogP) is 2.85. The number of carbonyl (C=O) groups excluding carboxylic acids is 1. The molecule has 96 valence electrons. The van der Waals surface area contributed by atoms with Gasteiger partial charge in [0.2, 0.25) is 0 Å². The van der Waals surface area contributed by atoms with Gasteiger partial charge in [-0.15, -0.1) is 11.3 Å². The lowest BCUT2D eigenvalue weighted by Crippen LogP contribution is -2.30. The smallest absolute Gasteiger partial charge is 0.319 e. The molecule has 0 spiro atoms. The second-order valence-electron chi connectivity index (χ2n) is 3.92. The van der Waals surface area contributed by atoms with Crippen LogP contribution >= 0.6 is 11.3 Å². The first kappa shape index (κ1) is 12.6. The highest BCUT2D eigenvalue weighted by Crippen LogP contribution is 2.18. The maximum Gasteiger partial charge on any atom is 0.319 e. The van der Waals surface area contributed by atoms with Gasteiger partial charge in [0.1, 0.15) is 0 Å². The third kappa shape index (κ3) is 3.10. The van der Waals surface area contributed by atoms with Gasteiger partial charge < -0.3 is 10.6 Å². The normalized spacial score (nSPS) is 12.1. The van der Waals surface area contributed by atoms with Gasteiger partial charge in [0, 0.05) is 17.6 Å². The van der Waals surface area contributed by atoms with E-state index in [0.717, 1.165) is 11.4 Å². The predicted molar refractivity (Wildman–Crippen MR) is 72.8 cm³/mol. The van der Waals surface area contributed by atoms with E-state index in [9.17, 15) is 4.79 Å². The number of anilines is 1. The molecular weight excluding hydrogens is 248 g/mol. The number of aromatic nitrogens is 2. The van der Waals surface area contributed by atoms with Crippen LogP contribution in [0.5, 0.6) is 0 Å². The van der Waals surface area contributed by atoms with Crippen molar-refractivity contribution in [2.75, 3.05) is 5.32 Å². The molecule has 6 heteroatoms. The molecule has 0 aliphatic heterocycles. The molecule has 0 saturated carbocycles. The number of hydrogen-bond acceptors (Lipinski definition) is 3. The van der Waals surface area contributed by atoms with Crippen molar-refractivity contribution in [3.8, 4) is 0 Å². The second-order valence-corrected chi connectivity index (χ2v) is 4.90. The minimum absolute atomic E-state index is 0.00576. The molecule has 0 saturated heterocycles. The lowest BCUT2D eigenvalue weighted by molar-refractivity contribution is 0.249. The Balaban J connectivity index is 1.88. The lowest BCUT2D eigenvalue weighted by atomic mass is 10.3. The summed E-state index contributed by atoms with van der Waals surface area (Å²) < 4.78 is 1.76. The van der Waals surface area contributed by atoms with Crippen LogP contribution in [0.25, 0.3) is 0 Å². The van der Waals surface area contributed by atoms with E-state index in [1.54, 1.807) is 28.4 Å². The largest absolute Gasteiger partial charge is 0.331 e. The quantitative estimate of drug-likeness (QED) is 0.892. The third-order valence-corrected chi connectivity index (χ3v) is 3.59. The molecule has 2 N–H and O–H groups in total. The van der Waals surface area contributed by atoms with Crippen molar-refractivity contribution in [1.82, 2.24) is 15.1 Å². The summed E-state index contributed by atoms with van der Waals surface area (Å²) in [6, 6.07) is 3.77. The number of rotatable bonds is 4. The van der Waals surface area contributed by atoms with Gasteiger partial charge in [-0.05, 0) is 25.3 Å². The summed E-state index contributed by atoms with van der Waals surface area (Å²) in [5, 5.41) is 11.7. The Bertz CT molecular complexity index is 506. The Morgan fingerprint density at radius 2 is 2.44 bits per heavy atom. The van der Waals surface area contributed by atoms with E-state index in [0.29, 0.717) is 5.69 Å². The molecule has 2 aromatic heterocycles. The fourth-order valence-electron chi connectivity index (χ4n) is 1.57. The summed E-state index contributed by atoms with van der Waals surface area (Å²) in [7, 11) is 0. The Labute approximate surface area is 110 Å². The summed E-state index contributed by atoms with van der Waals surface area (Å²) in [5.41, 5.74) is 0.702. The first-order chi connectivity index (χ1) is 8.69. The Hall–Kier alpha value is -1.82. The molecular formula is C12H16N4OS. The fourth-order valence-corrected chi connectivity index (χ4v) is 2.31. The number of aryl methyl sites for hydroxylation is 1. The molecule has 0 radical (unpaired) electrons.